The van der Waals surface area contributed by atoms with Crippen LogP contribution in [0, 0.1) is 0 Å². The zero-order valence-electron chi connectivity index (χ0n) is 10.9. The quantitative estimate of drug-likeness (QED) is 0.902. The molecule has 0 fully saturated rings. The molecule has 0 saturated heterocycles. The largest absolute Gasteiger partial charge is 0.383 e. The van der Waals surface area contributed by atoms with Gasteiger partial charge in [0.1, 0.15) is 6.10 Å². The number of halogens is 1. The van der Waals surface area contributed by atoms with Crippen LogP contribution in [0.1, 0.15) is 41.4 Å². The zero-order valence-corrected chi connectivity index (χ0v) is 12.5. The molecule has 3 rings (SSSR count). The third kappa shape index (κ3) is 2.14. The van der Waals surface area contributed by atoms with E-state index in [9.17, 15) is 9.90 Å². The van der Waals surface area contributed by atoms with Crippen molar-refractivity contribution in [1.82, 2.24) is 0 Å². The van der Waals surface area contributed by atoms with E-state index in [4.69, 9.17) is 11.6 Å². The molecular weight excluding hydrogens is 294 g/mol. The lowest BCUT2D eigenvalue weighted by Crippen LogP contribution is -2.10. The zero-order chi connectivity index (χ0) is 14.3. The molecule has 0 bridgehead atoms. The topological polar surface area (TPSA) is 49.3 Å². The number of hydrogen-bond donors (Lipinski definition) is 2. The minimum absolute atomic E-state index is 0.0211. The minimum Gasteiger partial charge on any atom is -0.383 e. The van der Waals surface area contributed by atoms with E-state index in [-0.39, 0.29) is 11.8 Å². The van der Waals surface area contributed by atoms with Gasteiger partial charge in [0, 0.05) is 4.88 Å². The van der Waals surface area contributed by atoms with Crippen molar-refractivity contribution in [1.29, 1.82) is 0 Å². The number of nitrogens with one attached hydrogen (secondary N) is 1. The Balaban J connectivity index is 2.06. The fourth-order valence-corrected chi connectivity index (χ4v) is 3.60. The number of benzene rings is 1. The molecule has 0 radical (unpaired) electrons. The average molecular weight is 308 g/mol. The predicted molar refractivity (Wildman–Crippen MR) is 81.5 cm³/mol. The van der Waals surface area contributed by atoms with Crippen molar-refractivity contribution >= 4 is 34.5 Å². The molecule has 1 aromatic carbocycles. The second-order valence-electron chi connectivity index (χ2n) is 4.83. The Morgan fingerprint density at radius 2 is 2.30 bits per heavy atom. The van der Waals surface area contributed by atoms with Gasteiger partial charge >= 0.3 is 0 Å². The standard InChI is InChI=1S/C15H14ClNO2S/c1-2-9-10-6-8(14(18)12-4-3-5-20-12)7-11(16)13(10)17-15(9)19/h3-7,9,14,18H,2H2,1H3,(H,17,19). The van der Waals surface area contributed by atoms with Gasteiger partial charge in [0.15, 0.2) is 0 Å². The molecule has 0 aliphatic carbocycles. The lowest BCUT2D eigenvalue weighted by atomic mass is 9.94. The Kier molecular flexibility index (Phi) is 3.54. The van der Waals surface area contributed by atoms with Crippen LogP contribution in [0.5, 0.6) is 0 Å². The molecule has 2 aromatic rings. The first kappa shape index (κ1) is 13.6. The molecule has 1 aliphatic rings. The van der Waals surface area contributed by atoms with Crippen LogP contribution in [0.4, 0.5) is 5.69 Å². The number of hydrogen-bond acceptors (Lipinski definition) is 3. The summed E-state index contributed by atoms with van der Waals surface area (Å²) in [6, 6.07) is 7.40. The Morgan fingerprint density at radius 1 is 1.50 bits per heavy atom. The number of fused-ring (bicyclic) bond motifs is 1. The molecule has 2 atom stereocenters. The number of thiophene rings is 1. The molecule has 1 aliphatic heterocycles. The molecule has 0 spiro atoms. The molecule has 5 heteroatoms. The number of aliphatic hydroxyl groups is 1. The molecule has 2 unspecified atom stereocenters. The van der Waals surface area contributed by atoms with Gasteiger partial charge in [0.05, 0.1) is 16.6 Å². The summed E-state index contributed by atoms with van der Waals surface area (Å²) in [6.07, 6.45) is 0.0132. The fraction of sp³-hybridized carbons (Fsp3) is 0.267. The summed E-state index contributed by atoms with van der Waals surface area (Å²) >= 11 is 7.74. The summed E-state index contributed by atoms with van der Waals surface area (Å²) in [5.41, 5.74) is 2.30. The Morgan fingerprint density at radius 3 is 2.95 bits per heavy atom. The van der Waals surface area contributed by atoms with Crippen molar-refractivity contribution in [3.63, 3.8) is 0 Å². The van der Waals surface area contributed by atoms with Crippen LogP contribution in [0.25, 0.3) is 0 Å². The first-order chi connectivity index (χ1) is 9.61. The maximum Gasteiger partial charge on any atom is 0.232 e. The fourth-order valence-electron chi connectivity index (χ4n) is 2.58. The predicted octanol–water partition coefficient (Wildman–Crippen LogP) is 3.93. The second kappa shape index (κ2) is 5.20. The molecule has 0 saturated carbocycles. The van der Waals surface area contributed by atoms with E-state index in [0.29, 0.717) is 17.1 Å². The normalized spacial score (nSPS) is 18.8. The molecular formula is C15H14ClNO2S. The van der Waals surface area contributed by atoms with E-state index in [1.807, 2.05) is 30.5 Å². The molecule has 2 heterocycles. The van der Waals surface area contributed by atoms with E-state index in [2.05, 4.69) is 5.32 Å². The Hall–Kier alpha value is -1.36. The van der Waals surface area contributed by atoms with Crippen molar-refractivity contribution in [2.45, 2.75) is 25.4 Å². The highest BCUT2D eigenvalue weighted by atomic mass is 35.5. The van der Waals surface area contributed by atoms with Gasteiger partial charge in [-0.25, -0.2) is 0 Å². The first-order valence-electron chi connectivity index (χ1n) is 6.47. The summed E-state index contributed by atoms with van der Waals surface area (Å²) in [7, 11) is 0. The molecule has 2 N–H and O–H groups in total. The van der Waals surface area contributed by atoms with E-state index in [1.165, 1.54) is 11.3 Å². The molecule has 3 nitrogen and oxygen atoms in total. The maximum atomic E-state index is 11.9. The van der Waals surface area contributed by atoms with Crippen molar-refractivity contribution in [2.75, 3.05) is 5.32 Å². The lowest BCUT2D eigenvalue weighted by molar-refractivity contribution is -0.117. The Labute approximate surface area is 126 Å². The van der Waals surface area contributed by atoms with Gasteiger partial charge < -0.3 is 10.4 Å². The highest BCUT2D eigenvalue weighted by Crippen LogP contribution is 2.42. The first-order valence-corrected chi connectivity index (χ1v) is 7.73. The summed E-state index contributed by atoms with van der Waals surface area (Å²) < 4.78 is 0. The third-order valence-corrected chi connectivity index (χ3v) is 4.84. The van der Waals surface area contributed by atoms with Gasteiger partial charge in [-0.3, -0.25) is 4.79 Å². The SMILES string of the molecule is CCC1C(=O)Nc2c(Cl)cc(C(O)c3cccs3)cc21. The molecule has 20 heavy (non-hydrogen) atoms. The van der Waals surface area contributed by atoms with Crippen LogP contribution in [-0.4, -0.2) is 11.0 Å². The van der Waals surface area contributed by atoms with Crippen molar-refractivity contribution in [3.05, 3.63) is 50.7 Å². The van der Waals surface area contributed by atoms with Gasteiger partial charge in [-0.2, -0.15) is 0 Å². The average Bonchev–Trinajstić information content (AvgIpc) is 3.05. The number of aliphatic hydroxyl groups excluding tert-OH is 1. The monoisotopic (exact) mass is 307 g/mol. The minimum atomic E-state index is -0.703. The van der Waals surface area contributed by atoms with Gasteiger partial charge in [-0.1, -0.05) is 24.6 Å². The highest BCUT2D eigenvalue weighted by Gasteiger charge is 2.31. The molecule has 1 amide bonds. The second-order valence-corrected chi connectivity index (χ2v) is 6.22. The smallest absolute Gasteiger partial charge is 0.232 e. The van der Waals surface area contributed by atoms with E-state index < -0.39 is 6.10 Å². The number of amides is 1. The van der Waals surface area contributed by atoms with Gasteiger partial charge in [-0.15, -0.1) is 11.3 Å². The maximum absolute atomic E-state index is 11.9. The van der Waals surface area contributed by atoms with Crippen LogP contribution < -0.4 is 5.32 Å². The molecule has 1 aromatic heterocycles. The van der Waals surface area contributed by atoms with E-state index >= 15 is 0 Å². The number of rotatable bonds is 3. The number of carbonyl (C=O) groups is 1. The number of carbonyl (C=O) groups excluding carboxylic acids is 1. The summed E-state index contributed by atoms with van der Waals surface area (Å²) in [6.45, 7) is 1.97. The summed E-state index contributed by atoms with van der Waals surface area (Å²) in [5, 5.41) is 15.6. The third-order valence-electron chi connectivity index (χ3n) is 3.62. The van der Waals surface area contributed by atoms with Gasteiger partial charge in [0.2, 0.25) is 5.91 Å². The summed E-state index contributed by atoms with van der Waals surface area (Å²) in [5.74, 6) is -0.204. The van der Waals surface area contributed by atoms with Gasteiger partial charge in [-0.05, 0) is 41.1 Å². The molecule has 104 valence electrons. The summed E-state index contributed by atoms with van der Waals surface area (Å²) in [4.78, 5) is 12.8. The van der Waals surface area contributed by atoms with Crippen molar-refractivity contribution in [3.8, 4) is 0 Å². The van der Waals surface area contributed by atoms with E-state index in [0.717, 1.165) is 16.0 Å². The van der Waals surface area contributed by atoms with Crippen LogP contribution >= 0.6 is 22.9 Å². The van der Waals surface area contributed by atoms with Crippen LogP contribution in [-0.2, 0) is 4.79 Å². The number of anilines is 1. The van der Waals surface area contributed by atoms with Crippen LogP contribution in [0.15, 0.2) is 29.6 Å². The van der Waals surface area contributed by atoms with Crippen LogP contribution in [0.3, 0.4) is 0 Å². The van der Waals surface area contributed by atoms with Crippen molar-refractivity contribution < 1.29 is 9.90 Å². The van der Waals surface area contributed by atoms with Gasteiger partial charge in [0.25, 0.3) is 0 Å². The Bertz CT molecular complexity index is 654. The van der Waals surface area contributed by atoms with E-state index in [1.54, 1.807) is 6.07 Å². The van der Waals surface area contributed by atoms with Crippen molar-refractivity contribution in [2.24, 2.45) is 0 Å². The van der Waals surface area contributed by atoms with Crippen LogP contribution in [0.2, 0.25) is 5.02 Å². The lowest BCUT2D eigenvalue weighted by Gasteiger charge is -2.13. The highest BCUT2D eigenvalue weighted by molar-refractivity contribution is 7.10.